The van der Waals surface area contributed by atoms with Crippen LogP contribution in [0.1, 0.15) is 11.1 Å². The van der Waals surface area contributed by atoms with E-state index in [1.54, 1.807) is 24.3 Å². The van der Waals surface area contributed by atoms with Crippen LogP contribution in [0.25, 0.3) is 0 Å². The Morgan fingerprint density at radius 1 is 1.50 bits per heavy atom. The number of aliphatic imine (C=N–C) groups is 1. The van der Waals surface area contributed by atoms with E-state index in [0.717, 1.165) is 5.56 Å². The first-order chi connectivity index (χ1) is 6.76. The largest absolute Gasteiger partial charge is 0.451 e. The molecule has 4 nitrogen and oxygen atoms in total. The molecule has 14 heavy (non-hydrogen) atoms. The molecule has 4 heteroatoms. The highest BCUT2D eigenvalue weighted by Crippen LogP contribution is 2.00. The van der Waals surface area contributed by atoms with Crippen molar-refractivity contribution in [2.24, 2.45) is 4.99 Å². The van der Waals surface area contributed by atoms with E-state index in [1.807, 2.05) is 6.07 Å². The lowest BCUT2D eigenvalue weighted by Gasteiger charge is -1.92. The molecule has 0 saturated carbocycles. The predicted molar refractivity (Wildman–Crippen MR) is 51.2 cm³/mol. The van der Waals surface area contributed by atoms with Crippen molar-refractivity contribution in [2.45, 2.75) is 0 Å². The standard InChI is InChI=1S/C10H8N2O2/c1-14-10(13)12-7-9-4-2-8(6-11)3-5-9/h2-5,7H,1H3. The Labute approximate surface area is 81.5 Å². The van der Waals surface area contributed by atoms with Crippen molar-refractivity contribution in [1.29, 1.82) is 5.26 Å². The highest BCUT2D eigenvalue weighted by Gasteiger charge is 1.93. The molecule has 0 aromatic heterocycles. The van der Waals surface area contributed by atoms with Crippen LogP contribution in [0.2, 0.25) is 0 Å². The first-order valence-corrected chi connectivity index (χ1v) is 3.88. The molecule has 0 atom stereocenters. The molecule has 0 unspecified atom stereocenters. The van der Waals surface area contributed by atoms with Crippen LogP contribution in [-0.2, 0) is 4.74 Å². The van der Waals surface area contributed by atoms with Gasteiger partial charge in [-0.1, -0.05) is 12.1 Å². The smallest absolute Gasteiger partial charge is 0.433 e. The molecular formula is C10H8N2O2. The van der Waals surface area contributed by atoms with Crippen molar-refractivity contribution in [3.63, 3.8) is 0 Å². The van der Waals surface area contributed by atoms with E-state index in [1.165, 1.54) is 13.3 Å². The number of amides is 1. The van der Waals surface area contributed by atoms with Gasteiger partial charge in [0, 0.05) is 6.21 Å². The second kappa shape index (κ2) is 4.77. The maximum Gasteiger partial charge on any atom is 0.433 e. The number of hydrogen-bond donors (Lipinski definition) is 0. The Kier molecular flexibility index (Phi) is 3.39. The lowest BCUT2D eigenvalue weighted by molar-refractivity contribution is 0.183. The fraction of sp³-hybridized carbons (Fsp3) is 0.100. The fourth-order valence-electron chi connectivity index (χ4n) is 0.824. The van der Waals surface area contributed by atoms with Crippen LogP contribution in [0, 0.1) is 11.3 Å². The number of benzene rings is 1. The van der Waals surface area contributed by atoms with E-state index >= 15 is 0 Å². The van der Waals surface area contributed by atoms with Gasteiger partial charge in [0.2, 0.25) is 0 Å². The lowest BCUT2D eigenvalue weighted by atomic mass is 10.2. The van der Waals surface area contributed by atoms with Crippen LogP contribution in [0.5, 0.6) is 0 Å². The van der Waals surface area contributed by atoms with E-state index in [-0.39, 0.29) is 0 Å². The Bertz CT molecular complexity index is 388. The number of hydrogen-bond acceptors (Lipinski definition) is 3. The van der Waals surface area contributed by atoms with Gasteiger partial charge in [-0.25, -0.2) is 4.79 Å². The van der Waals surface area contributed by atoms with E-state index < -0.39 is 6.09 Å². The molecule has 0 aliphatic rings. The normalized spacial score (nSPS) is 9.71. The number of rotatable bonds is 1. The van der Waals surface area contributed by atoms with Crippen LogP contribution in [0.4, 0.5) is 4.79 Å². The molecule has 0 N–H and O–H groups in total. The number of methoxy groups -OCH3 is 1. The SMILES string of the molecule is COC(=O)N=Cc1ccc(C#N)cc1. The molecule has 0 heterocycles. The number of ether oxygens (including phenoxy) is 1. The summed E-state index contributed by atoms with van der Waals surface area (Å²) in [5, 5.41) is 8.53. The summed E-state index contributed by atoms with van der Waals surface area (Å²) in [4.78, 5) is 14.1. The summed E-state index contributed by atoms with van der Waals surface area (Å²) in [6, 6.07) is 8.70. The summed E-state index contributed by atoms with van der Waals surface area (Å²) in [5.74, 6) is 0. The molecule has 0 aliphatic carbocycles. The lowest BCUT2D eigenvalue weighted by Crippen LogP contribution is -1.93. The van der Waals surface area contributed by atoms with Crippen molar-refractivity contribution in [3.05, 3.63) is 35.4 Å². The summed E-state index contributed by atoms with van der Waals surface area (Å²) < 4.78 is 4.33. The second-order valence-corrected chi connectivity index (χ2v) is 2.46. The predicted octanol–water partition coefficient (Wildman–Crippen LogP) is 1.74. The molecule has 0 spiro atoms. The van der Waals surface area contributed by atoms with Gasteiger partial charge in [-0.3, -0.25) is 0 Å². The van der Waals surface area contributed by atoms with Crippen molar-refractivity contribution < 1.29 is 9.53 Å². The summed E-state index contributed by atoms with van der Waals surface area (Å²) in [6.45, 7) is 0. The van der Waals surface area contributed by atoms with Gasteiger partial charge in [0.25, 0.3) is 0 Å². The van der Waals surface area contributed by atoms with Gasteiger partial charge < -0.3 is 4.74 Å². The zero-order valence-corrected chi connectivity index (χ0v) is 7.60. The summed E-state index contributed by atoms with van der Waals surface area (Å²) in [5.41, 5.74) is 1.31. The van der Waals surface area contributed by atoms with E-state index in [4.69, 9.17) is 5.26 Å². The molecule has 70 valence electrons. The molecule has 1 aromatic rings. The Morgan fingerprint density at radius 3 is 2.64 bits per heavy atom. The summed E-state index contributed by atoms with van der Waals surface area (Å²) >= 11 is 0. The van der Waals surface area contributed by atoms with Crippen molar-refractivity contribution in [2.75, 3.05) is 7.11 Å². The Balaban J connectivity index is 2.74. The molecule has 1 rings (SSSR count). The summed E-state index contributed by atoms with van der Waals surface area (Å²) in [7, 11) is 1.26. The average Bonchev–Trinajstić information content (AvgIpc) is 2.26. The van der Waals surface area contributed by atoms with Gasteiger partial charge in [-0.05, 0) is 17.7 Å². The van der Waals surface area contributed by atoms with Crippen LogP contribution in [-0.4, -0.2) is 19.4 Å². The third-order valence-electron chi connectivity index (χ3n) is 1.53. The van der Waals surface area contributed by atoms with E-state index in [2.05, 4.69) is 9.73 Å². The second-order valence-electron chi connectivity index (χ2n) is 2.46. The number of carbonyl (C=O) groups excluding carboxylic acids is 1. The van der Waals surface area contributed by atoms with Crippen LogP contribution in [0.15, 0.2) is 29.3 Å². The highest BCUT2D eigenvalue weighted by atomic mass is 16.5. The Hall–Kier alpha value is -2.15. The van der Waals surface area contributed by atoms with Gasteiger partial charge in [0.05, 0.1) is 18.7 Å². The fourth-order valence-corrected chi connectivity index (χ4v) is 0.824. The molecular weight excluding hydrogens is 180 g/mol. The third-order valence-corrected chi connectivity index (χ3v) is 1.53. The average molecular weight is 188 g/mol. The topological polar surface area (TPSA) is 62.4 Å². The zero-order chi connectivity index (χ0) is 10.4. The van der Waals surface area contributed by atoms with Gasteiger partial charge in [-0.2, -0.15) is 10.3 Å². The first-order valence-electron chi connectivity index (χ1n) is 3.88. The van der Waals surface area contributed by atoms with Gasteiger partial charge in [0.1, 0.15) is 0 Å². The number of nitrogens with zero attached hydrogens (tertiary/aromatic N) is 2. The van der Waals surface area contributed by atoms with Crippen molar-refractivity contribution >= 4 is 12.3 Å². The van der Waals surface area contributed by atoms with Gasteiger partial charge >= 0.3 is 6.09 Å². The Morgan fingerprint density at radius 2 is 2.14 bits per heavy atom. The molecule has 0 radical (unpaired) electrons. The quantitative estimate of drug-likeness (QED) is 0.630. The van der Waals surface area contributed by atoms with Gasteiger partial charge in [0.15, 0.2) is 0 Å². The van der Waals surface area contributed by atoms with Crippen LogP contribution in [0.3, 0.4) is 0 Å². The molecule has 0 fully saturated rings. The molecule has 1 aromatic carbocycles. The van der Waals surface area contributed by atoms with Gasteiger partial charge in [-0.15, -0.1) is 0 Å². The third kappa shape index (κ3) is 2.72. The minimum atomic E-state index is -0.644. The van der Waals surface area contributed by atoms with Crippen LogP contribution >= 0.6 is 0 Å². The number of carbonyl (C=O) groups is 1. The molecule has 1 amide bonds. The summed E-state index contributed by atoms with van der Waals surface area (Å²) in [6.07, 6.45) is 0.738. The van der Waals surface area contributed by atoms with Crippen LogP contribution < -0.4 is 0 Å². The zero-order valence-electron chi connectivity index (χ0n) is 7.60. The molecule has 0 bridgehead atoms. The van der Waals surface area contributed by atoms with E-state index in [9.17, 15) is 4.79 Å². The van der Waals surface area contributed by atoms with E-state index in [0.29, 0.717) is 5.56 Å². The number of nitriles is 1. The van der Waals surface area contributed by atoms with Crippen molar-refractivity contribution in [3.8, 4) is 6.07 Å². The highest BCUT2D eigenvalue weighted by molar-refractivity contribution is 5.88. The maximum atomic E-state index is 10.6. The first kappa shape index (κ1) is 9.93. The monoisotopic (exact) mass is 188 g/mol. The maximum absolute atomic E-state index is 10.6. The molecule has 0 saturated heterocycles. The minimum absolute atomic E-state index is 0.570. The van der Waals surface area contributed by atoms with Crippen molar-refractivity contribution in [1.82, 2.24) is 0 Å². The minimum Gasteiger partial charge on any atom is -0.451 e. The molecule has 0 aliphatic heterocycles.